The van der Waals surface area contributed by atoms with Gasteiger partial charge in [0, 0.05) is 26.6 Å². The molecular formula is C14H21ClF2N2O. The van der Waals surface area contributed by atoms with Gasteiger partial charge in [0.15, 0.2) is 11.6 Å². The number of nitrogens with one attached hydrogen (secondary N) is 1. The number of hydrogen-bond donors (Lipinski definition) is 1. The minimum Gasteiger partial charge on any atom is -0.344 e. The summed E-state index contributed by atoms with van der Waals surface area (Å²) in [5.74, 6) is -1.61. The molecule has 0 radical (unpaired) electrons. The summed E-state index contributed by atoms with van der Waals surface area (Å²) in [7, 11) is 3.60. The predicted octanol–water partition coefficient (Wildman–Crippen LogP) is 2.39. The molecule has 0 aliphatic heterocycles. The Morgan fingerprint density at radius 3 is 2.60 bits per heavy atom. The number of carbonyl (C=O) groups excluding carboxylic acids is 1. The normalized spacial score (nSPS) is 10.0. The van der Waals surface area contributed by atoms with Crippen molar-refractivity contribution in [2.24, 2.45) is 0 Å². The highest BCUT2D eigenvalue weighted by Gasteiger charge is 2.08. The van der Waals surface area contributed by atoms with Crippen LogP contribution in [0.3, 0.4) is 0 Å². The van der Waals surface area contributed by atoms with Crippen molar-refractivity contribution in [1.29, 1.82) is 0 Å². The van der Waals surface area contributed by atoms with Crippen LogP contribution in [0.1, 0.15) is 18.4 Å². The number of benzene rings is 1. The molecule has 0 spiro atoms. The van der Waals surface area contributed by atoms with E-state index in [9.17, 15) is 13.6 Å². The molecule has 0 bridgehead atoms. The van der Waals surface area contributed by atoms with Crippen molar-refractivity contribution in [3.05, 3.63) is 35.4 Å². The van der Waals surface area contributed by atoms with Gasteiger partial charge in [-0.3, -0.25) is 4.79 Å². The molecule has 0 aliphatic carbocycles. The van der Waals surface area contributed by atoms with Gasteiger partial charge >= 0.3 is 0 Å². The van der Waals surface area contributed by atoms with E-state index in [4.69, 9.17) is 0 Å². The Kier molecular flexibility index (Phi) is 9.08. The van der Waals surface area contributed by atoms with E-state index in [1.807, 2.05) is 7.05 Å². The van der Waals surface area contributed by atoms with E-state index in [0.717, 1.165) is 12.6 Å². The van der Waals surface area contributed by atoms with E-state index in [-0.39, 0.29) is 18.3 Å². The molecule has 0 aromatic heterocycles. The van der Waals surface area contributed by atoms with Crippen LogP contribution >= 0.6 is 12.4 Å². The van der Waals surface area contributed by atoms with Crippen LogP contribution in [0.5, 0.6) is 0 Å². The Labute approximate surface area is 124 Å². The molecule has 0 unspecified atom stereocenters. The SMILES string of the molecule is CNCCN(C)C(=O)CCCc1ccc(F)c(F)c1.Cl. The molecule has 20 heavy (non-hydrogen) atoms. The average Bonchev–Trinajstić information content (AvgIpc) is 2.39. The van der Waals surface area contributed by atoms with E-state index in [0.29, 0.717) is 31.4 Å². The lowest BCUT2D eigenvalue weighted by atomic mass is 10.1. The zero-order chi connectivity index (χ0) is 14.3. The summed E-state index contributed by atoms with van der Waals surface area (Å²) in [5.41, 5.74) is 0.713. The van der Waals surface area contributed by atoms with E-state index < -0.39 is 11.6 Å². The van der Waals surface area contributed by atoms with Crippen LogP contribution in [0, 0.1) is 11.6 Å². The van der Waals surface area contributed by atoms with E-state index >= 15 is 0 Å². The second-order valence-corrected chi connectivity index (χ2v) is 4.52. The van der Waals surface area contributed by atoms with Crippen molar-refractivity contribution in [1.82, 2.24) is 10.2 Å². The highest BCUT2D eigenvalue weighted by atomic mass is 35.5. The molecule has 1 aromatic carbocycles. The van der Waals surface area contributed by atoms with E-state index in [2.05, 4.69) is 5.32 Å². The summed E-state index contributed by atoms with van der Waals surface area (Å²) in [4.78, 5) is 13.4. The monoisotopic (exact) mass is 306 g/mol. The number of aryl methyl sites for hydroxylation is 1. The third-order valence-electron chi connectivity index (χ3n) is 2.96. The fourth-order valence-electron chi connectivity index (χ4n) is 1.73. The molecule has 0 saturated heterocycles. The summed E-state index contributed by atoms with van der Waals surface area (Å²) in [6.45, 7) is 1.42. The summed E-state index contributed by atoms with van der Waals surface area (Å²) in [6, 6.07) is 3.85. The third kappa shape index (κ3) is 6.30. The molecule has 1 amide bonds. The zero-order valence-electron chi connectivity index (χ0n) is 11.8. The third-order valence-corrected chi connectivity index (χ3v) is 2.96. The standard InChI is InChI=1S/C14H20F2N2O.ClH/c1-17-8-9-18(2)14(19)5-3-4-11-6-7-12(15)13(16)10-11;/h6-7,10,17H,3-5,8-9H2,1-2H3;1H. The molecule has 1 aromatic rings. The van der Waals surface area contributed by atoms with Gasteiger partial charge in [0.1, 0.15) is 0 Å². The molecule has 114 valence electrons. The van der Waals surface area contributed by atoms with Crippen molar-refractivity contribution < 1.29 is 13.6 Å². The van der Waals surface area contributed by atoms with Gasteiger partial charge in [0.05, 0.1) is 0 Å². The van der Waals surface area contributed by atoms with Gasteiger partial charge in [-0.05, 0) is 37.6 Å². The molecule has 0 saturated carbocycles. The Morgan fingerprint density at radius 1 is 1.30 bits per heavy atom. The topological polar surface area (TPSA) is 32.3 Å². The first-order valence-electron chi connectivity index (χ1n) is 6.37. The Bertz CT molecular complexity index is 430. The minimum absolute atomic E-state index is 0. The zero-order valence-corrected chi connectivity index (χ0v) is 12.6. The maximum Gasteiger partial charge on any atom is 0.222 e. The maximum atomic E-state index is 13.0. The van der Waals surface area contributed by atoms with Crippen molar-refractivity contribution in [3.8, 4) is 0 Å². The minimum atomic E-state index is -0.841. The fourth-order valence-corrected chi connectivity index (χ4v) is 1.73. The maximum absolute atomic E-state index is 13.0. The number of hydrogen-bond acceptors (Lipinski definition) is 2. The van der Waals surface area contributed by atoms with Crippen molar-refractivity contribution >= 4 is 18.3 Å². The first kappa shape index (κ1) is 18.8. The van der Waals surface area contributed by atoms with Gasteiger partial charge in [-0.25, -0.2) is 8.78 Å². The van der Waals surface area contributed by atoms with Crippen LogP contribution in [0.15, 0.2) is 18.2 Å². The van der Waals surface area contributed by atoms with Crippen LogP contribution in [0.2, 0.25) is 0 Å². The molecule has 3 nitrogen and oxygen atoms in total. The lowest BCUT2D eigenvalue weighted by Crippen LogP contribution is -2.32. The summed E-state index contributed by atoms with van der Waals surface area (Å²) < 4.78 is 25.7. The molecule has 0 heterocycles. The largest absolute Gasteiger partial charge is 0.344 e. The van der Waals surface area contributed by atoms with Crippen LogP contribution < -0.4 is 5.32 Å². The molecule has 0 atom stereocenters. The Balaban J connectivity index is 0.00000361. The number of amides is 1. The summed E-state index contributed by atoms with van der Waals surface area (Å²) in [5, 5.41) is 2.98. The van der Waals surface area contributed by atoms with Gasteiger partial charge in [0.25, 0.3) is 0 Å². The second-order valence-electron chi connectivity index (χ2n) is 4.52. The summed E-state index contributed by atoms with van der Waals surface area (Å²) >= 11 is 0. The number of rotatable bonds is 7. The fraction of sp³-hybridized carbons (Fsp3) is 0.500. The van der Waals surface area contributed by atoms with E-state index in [1.54, 1.807) is 18.0 Å². The average molecular weight is 307 g/mol. The van der Waals surface area contributed by atoms with Crippen LogP contribution in [0.25, 0.3) is 0 Å². The summed E-state index contributed by atoms with van der Waals surface area (Å²) in [6.07, 6.45) is 1.62. The van der Waals surface area contributed by atoms with Gasteiger partial charge in [0.2, 0.25) is 5.91 Å². The Hall–Kier alpha value is -1.20. The number of likely N-dealkylation sites (N-methyl/N-ethyl adjacent to an activating group) is 2. The lowest BCUT2D eigenvalue weighted by Gasteiger charge is -2.16. The van der Waals surface area contributed by atoms with Gasteiger partial charge in [-0.15, -0.1) is 12.4 Å². The van der Waals surface area contributed by atoms with Gasteiger partial charge < -0.3 is 10.2 Å². The van der Waals surface area contributed by atoms with Crippen LogP contribution in [-0.4, -0.2) is 38.0 Å². The number of carbonyl (C=O) groups is 1. The van der Waals surface area contributed by atoms with Crippen LogP contribution in [-0.2, 0) is 11.2 Å². The van der Waals surface area contributed by atoms with Gasteiger partial charge in [-0.1, -0.05) is 6.07 Å². The smallest absolute Gasteiger partial charge is 0.222 e. The highest BCUT2D eigenvalue weighted by Crippen LogP contribution is 2.11. The molecule has 6 heteroatoms. The molecule has 1 rings (SSSR count). The first-order valence-corrected chi connectivity index (χ1v) is 6.37. The van der Waals surface area contributed by atoms with Crippen LogP contribution in [0.4, 0.5) is 8.78 Å². The van der Waals surface area contributed by atoms with Gasteiger partial charge in [-0.2, -0.15) is 0 Å². The number of halogens is 3. The van der Waals surface area contributed by atoms with Crippen molar-refractivity contribution in [2.75, 3.05) is 27.2 Å². The first-order chi connectivity index (χ1) is 9.04. The van der Waals surface area contributed by atoms with Crippen molar-refractivity contribution in [3.63, 3.8) is 0 Å². The predicted molar refractivity (Wildman–Crippen MR) is 78.1 cm³/mol. The number of nitrogens with zero attached hydrogens (tertiary/aromatic N) is 1. The Morgan fingerprint density at radius 2 is 2.00 bits per heavy atom. The second kappa shape index (κ2) is 9.66. The highest BCUT2D eigenvalue weighted by molar-refractivity contribution is 5.85. The quantitative estimate of drug-likeness (QED) is 0.839. The lowest BCUT2D eigenvalue weighted by molar-refractivity contribution is -0.129. The molecule has 0 aliphatic rings. The molecular weight excluding hydrogens is 286 g/mol. The molecule has 0 fully saturated rings. The molecule has 1 N–H and O–H groups in total. The van der Waals surface area contributed by atoms with E-state index in [1.165, 1.54) is 6.07 Å². The van der Waals surface area contributed by atoms with Crippen molar-refractivity contribution in [2.45, 2.75) is 19.3 Å².